The molecule has 0 spiro atoms. The average molecular weight is 342 g/mol. The van der Waals surface area contributed by atoms with Gasteiger partial charge in [0.05, 0.1) is 7.11 Å². The molecule has 0 saturated carbocycles. The van der Waals surface area contributed by atoms with Gasteiger partial charge in [-0.3, -0.25) is 4.79 Å². The maximum absolute atomic E-state index is 12.2. The number of rotatable bonds is 8. The van der Waals surface area contributed by atoms with Gasteiger partial charge < -0.3 is 20.1 Å². The summed E-state index contributed by atoms with van der Waals surface area (Å²) in [6.45, 7) is 4.34. The second-order valence-electron chi connectivity index (χ2n) is 6.05. The second kappa shape index (κ2) is 9.20. The molecule has 0 fully saturated rings. The van der Waals surface area contributed by atoms with Crippen LogP contribution in [-0.2, 0) is 17.9 Å². The Kier molecular flexibility index (Phi) is 6.98. The van der Waals surface area contributed by atoms with Gasteiger partial charge in [0, 0.05) is 13.1 Å². The summed E-state index contributed by atoms with van der Waals surface area (Å²) in [6, 6.07) is 15.0. The SMILES string of the molecule is CCN(C)Cc1cccc(CNC(=O)C(O)c2cccc(OC)c2)c1. The van der Waals surface area contributed by atoms with Crippen LogP contribution in [0.15, 0.2) is 48.5 Å². The number of nitrogens with zero attached hydrogens (tertiary/aromatic N) is 1. The molecule has 1 amide bonds. The fraction of sp³-hybridized carbons (Fsp3) is 0.350. The molecule has 5 nitrogen and oxygen atoms in total. The molecule has 134 valence electrons. The lowest BCUT2D eigenvalue weighted by molar-refractivity contribution is -0.129. The topological polar surface area (TPSA) is 61.8 Å². The number of carbonyl (C=O) groups is 1. The minimum absolute atomic E-state index is 0.379. The molecule has 2 aromatic rings. The normalized spacial score (nSPS) is 12.0. The van der Waals surface area contributed by atoms with Crippen LogP contribution < -0.4 is 10.1 Å². The van der Waals surface area contributed by atoms with Crippen LogP contribution in [0.4, 0.5) is 0 Å². The van der Waals surface area contributed by atoms with E-state index in [2.05, 4.69) is 36.3 Å². The first-order chi connectivity index (χ1) is 12.0. The molecular weight excluding hydrogens is 316 g/mol. The van der Waals surface area contributed by atoms with Gasteiger partial charge in [0.1, 0.15) is 5.75 Å². The van der Waals surface area contributed by atoms with Crippen LogP contribution in [0.2, 0.25) is 0 Å². The van der Waals surface area contributed by atoms with Gasteiger partial charge >= 0.3 is 0 Å². The summed E-state index contributed by atoms with van der Waals surface area (Å²) in [7, 11) is 3.62. The third-order valence-electron chi connectivity index (χ3n) is 4.11. The highest BCUT2D eigenvalue weighted by atomic mass is 16.5. The lowest BCUT2D eigenvalue weighted by Gasteiger charge is -2.15. The van der Waals surface area contributed by atoms with E-state index in [0.717, 1.165) is 18.7 Å². The zero-order valence-electron chi connectivity index (χ0n) is 15.0. The second-order valence-corrected chi connectivity index (χ2v) is 6.05. The highest BCUT2D eigenvalue weighted by Gasteiger charge is 2.17. The Bertz CT molecular complexity index is 703. The minimum atomic E-state index is -1.22. The molecule has 0 bridgehead atoms. The lowest BCUT2D eigenvalue weighted by Crippen LogP contribution is -2.28. The molecule has 2 N–H and O–H groups in total. The molecular formula is C20H26N2O3. The van der Waals surface area contributed by atoms with Crippen molar-refractivity contribution in [2.45, 2.75) is 26.1 Å². The van der Waals surface area contributed by atoms with Gasteiger partial charge in [0.15, 0.2) is 6.10 Å². The van der Waals surface area contributed by atoms with Crippen molar-refractivity contribution in [3.8, 4) is 5.75 Å². The van der Waals surface area contributed by atoms with Crippen molar-refractivity contribution < 1.29 is 14.6 Å². The molecule has 0 heterocycles. The Balaban J connectivity index is 1.96. The average Bonchev–Trinajstić information content (AvgIpc) is 2.65. The van der Waals surface area contributed by atoms with Gasteiger partial charge in [-0.05, 0) is 42.4 Å². The summed E-state index contributed by atoms with van der Waals surface area (Å²) in [5.41, 5.74) is 2.72. The Morgan fingerprint density at radius 2 is 1.92 bits per heavy atom. The number of aliphatic hydroxyl groups excluding tert-OH is 1. The summed E-state index contributed by atoms with van der Waals surface area (Å²) in [5.74, 6) is 0.182. The third-order valence-corrected chi connectivity index (χ3v) is 4.11. The predicted octanol–water partition coefficient (Wildman–Crippen LogP) is 2.50. The molecule has 0 aromatic heterocycles. The van der Waals surface area contributed by atoms with E-state index < -0.39 is 12.0 Å². The highest BCUT2D eigenvalue weighted by Crippen LogP contribution is 2.19. The molecule has 0 aliphatic rings. The molecule has 0 aliphatic heterocycles. The Hall–Kier alpha value is -2.37. The number of hydrogen-bond donors (Lipinski definition) is 2. The highest BCUT2D eigenvalue weighted by molar-refractivity contribution is 5.82. The van der Waals surface area contributed by atoms with E-state index >= 15 is 0 Å². The van der Waals surface area contributed by atoms with Crippen molar-refractivity contribution >= 4 is 5.91 Å². The number of aliphatic hydroxyl groups is 1. The largest absolute Gasteiger partial charge is 0.497 e. The lowest BCUT2D eigenvalue weighted by atomic mass is 10.1. The van der Waals surface area contributed by atoms with Crippen molar-refractivity contribution in [2.75, 3.05) is 20.7 Å². The van der Waals surface area contributed by atoms with Crippen molar-refractivity contribution in [3.05, 3.63) is 65.2 Å². The van der Waals surface area contributed by atoms with Crippen molar-refractivity contribution in [3.63, 3.8) is 0 Å². The van der Waals surface area contributed by atoms with Gasteiger partial charge in [0.25, 0.3) is 5.91 Å². The Morgan fingerprint density at radius 1 is 1.20 bits per heavy atom. The minimum Gasteiger partial charge on any atom is -0.497 e. The quantitative estimate of drug-likeness (QED) is 0.774. The van der Waals surface area contributed by atoms with Crippen LogP contribution in [0.5, 0.6) is 5.75 Å². The molecule has 1 atom stereocenters. The fourth-order valence-corrected chi connectivity index (χ4v) is 2.51. The number of amides is 1. The molecule has 0 aliphatic carbocycles. The van der Waals surface area contributed by atoms with Gasteiger partial charge in [0.2, 0.25) is 0 Å². The van der Waals surface area contributed by atoms with Crippen LogP contribution in [-0.4, -0.2) is 36.6 Å². The van der Waals surface area contributed by atoms with Gasteiger partial charge in [-0.2, -0.15) is 0 Å². The van der Waals surface area contributed by atoms with Crippen LogP contribution in [0.1, 0.15) is 29.7 Å². The van der Waals surface area contributed by atoms with Crippen LogP contribution >= 0.6 is 0 Å². The number of ether oxygens (including phenoxy) is 1. The van der Waals surface area contributed by atoms with E-state index in [1.165, 1.54) is 5.56 Å². The van der Waals surface area contributed by atoms with E-state index in [1.807, 2.05) is 12.1 Å². The molecule has 2 rings (SSSR count). The van der Waals surface area contributed by atoms with Crippen LogP contribution in [0.25, 0.3) is 0 Å². The summed E-state index contributed by atoms with van der Waals surface area (Å²) in [5, 5.41) is 13.0. The van der Waals surface area contributed by atoms with E-state index in [-0.39, 0.29) is 0 Å². The van der Waals surface area contributed by atoms with E-state index in [9.17, 15) is 9.90 Å². The van der Waals surface area contributed by atoms with Crippen molar-refractivity contribution in [1.29, 1.82) is 0 Å². The monoisotopic (exact) mass is 342 g/mol. The maximum atomic E-state index is 12.2. The molecule has 1 unspecified atom stereocenters. The number of benzene rings is 2. The van der Waals surface area contributed by atoms with E-state index in [1.54, 1.807) is 31.4 Å². The molecule has 2 aromatic carbocycles. The van der Waals surface area contributed by atoms with Crippen LogP contribution in [0.3, 0.4) is 0 Å². The first kappa shape index (κ1) is 19.0. The molecule has 5 heteroatoms. The predicted molar refractivity (Wildman–Crippen MR) is 98.3 cm³/mol. The summed E-state index contributed by atoms with van der Waals surface area (Å²) in [6.07, 6.45) is -1.22. The molecule has 0 radical (unpaired) electrons. The first-order valence-electron chi connectivity index (χ1n) is 8.39. The zero-order chi connectivity index (χ0) is 18.2. The van der Waals surface area contributed by atoms with Gasteiger partial charge in [-0.25, -0.2) is 0 Å². The number of nitrogens with one attached hydrogen (secondary N) is 1. The van der Waals surface area contributed by atoms with Gasteiger partial charge in [-0.1, -0.05) is 43.3 Å². The number of methoxy groups -OCH3 is 1. The summed E-state index contributed by atoms with van der Waals surface area (Å²) < 4.78 is 5.12. The maximum Gasteiger partial charge on any atom is 0.253 e. The Morgan fingerprint density at radius 3 is 2.64 bits per heavy atom. The first-order valence-corrected chi connectivity index (χ1v) is 8.39. The summed E-state index contributed by atoms with van der Waals surface area (Å²) in [4.78, 5) is 14.4. The van der Waals surface area contributed by atoms with Gasteiger partial charge in [-0.15, -0.1) is 0 Å². The van der Waals surface area contributed by atoms with Crippen LogP contribution in [0, 0.1) is 0 Å². The number of hydrogen-bond acceptors (Lipinski definition) is 4. The molecule has 0 saturated heterocycles. The van der Waals surface area contributed by atoms with E-state index in [4.69, 9.17) is 4.74 Å². The third kappa shape index (κ3) is 5.59. The van der Waals surface area contributed by atoms with E-state index in [0.29, 0.717) is 17.9 Å². The molecule has 25 heavy (non-hydrogen) atoms. The standard InChI is InChI=1S/C20H26N2O3/c1-4-22(2)14-16-8-5-7-15(11-16)13-21-20(24)19(23)17-9-6-10-18(12-17)25-3/h5-12,19,23H,4,13-14H2,1-3H3,(H,21,24). The zero-order valence-corrected chi connectivity index (χ0v) is 15.0. The van der Waals surface area contributed by atoms with Crippen molar-refractivity contribution in [2.24, 2.45) is 0 Å². The smallest absolute Gasteiger partial charge is 0.253 e. The van der Waals surface area contributed by atoms with Crippen molar-refractivity contribution in [1.82, 2.24) is 10.2 Å². The summed E-state index contributed by atoms with van der Waals surface area (Å²) >= 11 is 0. The fourth-order valence-electron chi connectivity index (χ4n) is 2.51. The Labute approximate surface area is 149 Å². The number of carbonyl (C=O) groups excluding carboxylic acids is 1.